The number of nitrogens with two attached hydrogens (primary N) is 1. The molecule has 0 saturated carbocycles. The number of rotatable bonds is 3. The Bertz CT molecular complexity index is 728. The summed E-state index contributed by atoms with van der Waals surface area (Å²) in [6.45, 7) is 0. The Morgan fingerprint density at radius 3 is 2.40 bits per heavy atom. The highest BCUT2D eigenvalue weighted by Crippen LogP contribution is 2.19. The van der Waals surface area contributed by atoms with Gasteiger partial charge in [0, 0.05) is 10.7 Å². The smallest absolute Gasteiger partial charge is 0.308 e. The summed E-state index contributed by atoms with van der Waals surface area (Å²) in [4.78, 5) is 11.6. The van der Waals surface area contributed by atoms with Crippen LogP contribution < -0.4 is 15.8 Å². The molecule has 20 heavy (non-hydrogen) atoms. The van der Waals surface area contributed by atoms with Crippen molar-refractivity contribution in [1.82, 2.24) is 10.2 Å². The van der Waals surface area contributed by atoms with Gasteiger partial charge in [0.1, 0.15) is 0 Å². The number of sulfonamides is 1. The van der Waals surface area contributed by atoms with Gasteiger partial charge in [-0.1, -0.05) is 22.9 Å². The third kappa shape index (κ3) is 3.87. The number of urea groups is 1. The molecular formula is C9H8ClN5O3S2. The first kappa shape index (κ1) is 14.7. The third-order valence-corrected chi connectivity index (χ3v) is 4.37. The summed E-state index contributed by atoms with van der Waals surface area (Å²) in [6, 6.07) is 5.85. The number of carbonyl (C=O) groups is 1. The minimum atomic E-state index is -3.92. The van der Waals surface area contributed by atoms with Gasteiger partial charge in [-0.3, -0.25) is 5.32 Å². The predicted octanol–water partition coefficient (Wildman–Crippen LogP) is 1.48. The van der Waals surface area contributed by atoms with Crippen molar-refractivity contribution in [3.8, 4) is 0 Å². The van der Waals surface area contributed by atoms with Crippen LogP contribution in [0.5, 0.6) is 0 Å². The van der Waals surface area contributed by atoms with Crippen LogP contribution >= 0.6 is 22.9 Å². The standard InChI is InChI=1S/C9H8ClN5O3S2/c10-5-1-3-6(4-2-5)12-7(16)13-8-14-15-9(19-8)20(11,17)18/h1-4H,(H2,11,17,18)(H2,12,13,14,16). The second kappa shape index (κ2) is 5.71. The summed E-state index contributed by atoms with van der Waals surface area (Å²) >= 11 is 6.36. The first-order valence-corrected chi connectivity index (χ1v) is 7.78. The lowest BCUT2D eigenvalue weighted by Gasteiger charge is -2.04. The normalized spacial score (nSPS) is 11.1. The van der Waals surface area contributed by atoms with Crippen LogP contribution in [0.4, 0.5) is 15.6 Å². The Balaban J connectivity index is 2.01. The van der Waals surface area contributed by atoms with Crippen LogP contribution in [-0.4, -0.2) is 24.6 Å². The Morgan fingerprint density at radius 1 is 1.20 bits per heavy atom. The zero-order valence-corrected chi connectivity index (χ0v) is 12.1. The van der Waals surface area contributed by atoms with Gasteiger partial charge in [0.25, 0.3) is 10.0 Å². The van der Waals surface area contributed by atoms with Gasteiger partial charge in [0.05, 0.1) is 0 Å². The van der Waals surface area contributed by atoms with Crippen LogP contribution in [0, 0.1) is 0 Å². The Morgan fingerprint density at radius 2 is 1.85 bits per heavy atom. The van der Waals surface area contributed by atoms with Crippen molar-refractivity contribution in [2.24, 2.45) is 5.14 Å². The lowest BCUT2D eigenvalue weighted by molar-refractivity contribution is 0.262. The van der Waals surface area contributed by atoms with Gasteiger partial charge in [-0.2, -0.15) is 0 Å². The Hall–Kier alpha value is -1.75. The minimum absolute atomic E-state index is 0.0143. The number of halogens is 1. The van der Waals surface area contributed by atoms with Gasteiger partial charge in [0.2, 0.25) is 9.47 Å². The van der Waals surface area contributed by atoms with Crippen molar-refractivity contribution >= 4 is 49.8 Å². The molecule has 0 saturated heterocycles. The fraction of sp³-hybridized carbons (Fsp3) is 0. The molecule has 0 unspecified atom stereocenters. The van der Waals surface area contributed by atoms with Crippen molar-refractivity contribution in [3.05, 3.63) is 29.3 Å². The van der Waals surface area contributed by atoms with Gasteiger partial charge in [0.15, 0.2) is 0 Å². The summed E-state index contributed by atoms with van der Waals surface area (Å²) in [6.07, 6.45) is 0. The molecule has 8 nitrogen and oxygen atoms in total. The topological polar surface area (TPSA) is 127 Å². The van der Waals surface area contributed by atoms with Crippen LogP contribution in [0.15, 0.2) is 28.6 Å². The van der Waals surface area contributed by atoms with Crippen LogP contribution in [0.2, 0.25) is 5.02 Å². The van der Waals surface area contributed by atoms with E-state index in [1.165, 1.54) is 0 Å². The van der Waals surface area contributed by atoms with E-state index in [1.54, 1.807) is 24.3 Å². The molecule has 4 N–H and O–H groups in total. The number of anilines is 2. The molecule has 11 heteroatoms. The molecule has 1 heterocycles. The summed E-state index contributed by atoms with van der Waals surface area (Å²) in [5.74, 6) is 0. The summed E-state index contributed by atoms with van der Waals surface area (Å²) in [7, 11) is -3.92. The average molecular weight is 334 g/mol. The fourth-order valence-electron chi connectivity index (χ4n) is 1.17. The fourth-order valence-corrected chi connectivity index (χ4v) is 2.62. The van der Waals surface area contributed by atoms with Gasteiger partial charge in [-0.15, -0.1) is 10.2 Å². The number of hydrogen-bond donors (Lipinski definition) is 3. The van der Waals surface area contributed by atoms with Gasteiger partial charge in [-0.05, 0) is 24.3 Å². The molecular weight excluding hydrogens is 326 g/mol. The van der Waals surface area contributed by atoms with Crippen LogP contribution in [0.25, 0.3) is 0 Å². The highest BCUT2D eigenvalue weighted by molar-refractivity contribution is 7.91. The number of benzene rings is 1. The molecule has 0 aliphatic carbocycles. The van der Waals surface area contributed by atoms with E-state index in [4.69, 9.17) is 16.7 Å². The summed E-state index contributed by atoms with van der Waals surface area (Å²) in [5, 5.41) is 17.1. The Labute approximate surface area is 123 Å². The van der Waals surface area contributed by atoms with Gasteiger partial charge < -0.3 is 5.32 Å². The largest absolute Gasteiger partial charge is 0.325 e. The SMILES string of the molecule is NS(=O)(=O)c1nnc(NC(=O)Nc2ccc(Cl)cc2)s1. The van der Waals surface area contributed by atoms with E-state index in [-0.39, 0.29) is 9.47 Å². The molecule has 0 aliphatic heterocycles. The zero-order chi connectivity index (χ0) is 14.8. The van der Waals surface area contributed by atoms with E-state index >= 15 is 0 Å². The summed E-state index contributed by atoms with van der Waals surface area (Å²) in [5.41, 5.74) is 0.517. The van der Waals surface area contributed by atoms with Crippen molar-refractivity contribution in [2.45, 2.75) is 4.34 Å². The molecule has 106 valence electrons. The first-order chi connectivity index (χ1) is 9.34. The van der Waals surface area contributed by atoms with Crippen molar-refractivity contribution < 1.29 is 13.2 Å². The molecule has 1 aromatic carbocycles. The second-order valence-corrected chi connectivity index (χ2v) is 6.65. The third-order valence-electron chi connectivity index (χ3n) is 1.97. The van der Waals surface area contributed by atoms with Gasteiger partial charge in [-0.25, -0.2) is 18.4 Å². The number of amides is 2. The van der Waals surface area contributed by atoms with E-state index in [9.17, 15) is 13.2 Å². The Kier molecular flexibility index (Phi) is 4.18. The van der Waals surface area contributed by atoms with Crippen molar-refractivity contribution in [2.75, 3.05) is 10.6 Å². The van der Waals surface area contributed by atoms with Crippen molar-refractivity contribution in [1.29, 1.82) is 0 Å². The maximum atomic E-state index is 11.6. The maximum absolute atomic E-state index is 11.6. The molecule has 2 aromatic rings. The highest BCUT2D eigenvalue weighted by atomic mass is 35.5. The zero-order valence-electron chi connectivity index (χ0n) is 9.70. The first-order valence-electron chi connectivity index (χ1n) is 5.04. The quantitative estimate of drug-likeness (QED) is 0.733. The van der Waals surface area contributed by atoms with E-state index < -0.39 is 16.1 Å². The number of aromatic nitrogens is 2. The molecule has 0 bridgehead atoms. The van der Waals surface area contributed by atoms with Crippen LogP contribution in [0.3, 0.4) is 0 Å². The highest BCUT2D eigenvalue weighted by Gasteiger charge is 2.16. The van der Waals surface area contributed by atoms with E-state index in [1.807, 2.05) is 0 Å². The van der Waals surface area contributed by atoms with E-state index in [0.717, 1.165) is 0 Å². The molecule has 2 rings (SSSR count). The lowest BCUT2D eigenvalue weighted by Crippen LogP contribution is -2.19. The molecule has 0 atom stereocenters. The molecule has 1 aromatic heterocycles. The van der Waals surface area contributed by atoms with Crippen LogP contribution in [0.1, 0.15) is 0 Å². The number of nitrogens with zero attached hydrogens (tertiary/aromatic N) is 2. The molecule has 0 radical (unpaired) electrons. The van der Waals surface area contributed by atoms with E-state index in [0.29, 0.717) is 22.0 Å². The summed E-state index contributed by atoms with van der Waals surface area (Å²) < 4.78 is 21.6. The number of hydrogen-bond acceptors (Lipinski definition) is 6. The number of primary sulfonamides is 1. The van der Waals surface area contributed by atoms with E-state index in [2.05, 4.69) is 20.8 Å². The number of carbonyl (C=O) groups excluding carboxylic acids is 1. The van der Waals surface area contributed by atoms with Crippen LogP contribution in [-0.2, 0) is 10.0 Å². The molecule has 2 amide bonds. The maximum Gasteiger partial charge on any atom is 0.325 e. The van der Waals surface area contributed by atoms with Crippen molar-refractivity contribution in [3.63, 3.8) is 0 Å². The molecule has 0 fully saturated rings. The predicted molar refractivity (Wildman–Crippen MR) is 75.4 cm³/mol. The average Bonchev–Trinajstić information content (AvgIpc) is 2.80. The monoisotopic (exact) mass is 333 g/mol. The second-order valence-electron chi connectivity index (χ2n) is 3.50. The number of nitrogens with one attached hydrogen (secondary N) is 2. The lowest BCUT2D eigenvalue weighted by atomic mass is 10.3. The van der Waals surface area contributed by atoms with Gasteiger partial charge >= 0.3 is 6.03 Å². The minimum Gasteiger partial charge on any atom is -0.308 e. The molecule has 0 spiro atoms. The molecule has 0 aliphatic rings.